The van der Waals surface area contributed by atoms with Crippen molar-refractivity contribution in [2.45, 2.75) is 258 Å². The van der Waals surface area contributed by atoms with Crippen molar-refractivity contribution in [2.24, 2.45) is 39.6 Å². The van der Waals surface area contributed by atoms with Crippen molar-refractivity contribution in [3.8, 4) is 46.7 Å². The number of aliphatic imine (C=N–C) groups is 2. The molecule has 0 saturated carbocycles. The second kappa shape index (κ2) is 49.2. The number of amides is 4. The number of nitriles is 2. The fourth-order valence-corrected chi connectivity index (χ4v) is 12.5. The van der Waals surface area contributed by atoms with Crippen molar-refractivity contribution in [1.82, 2.24) is 0 Å². The van der Waals surface area contributed by atoms with E-state index in [0.29, 0.717) is 49.7 Å². The van der Waals surface area contributed by atoms with Gasteiger partial charge in [0.25, 0.3) is 20.8 Å². The van der Waals surface area contributed by atoms with Gasteiger partial charge in [-0.3, -0.25) is 35.7 Å². The van der Waals surface area contributed by atoms with Gasteiger partial charge in [0.2, 0.25) is 65.2 Å². The summed E-state index contributed by atoms with van der Waals surface area (Å²) in [5.74, 6) is -0.206. The lowest BCUT2D eigenvalue weighted by molar-refractivity contribution is -0.121. The van der Waals surface area contributed by atoms with Crippen LogP contribution in [0.4, 0.5) is 40.1 Å². The third-order valence-corrected chi connectivity index (χ3v) is 25.2. The van der Waals surface area contributed by atoms with Crippen LogP contribution in [0.15, 0.2) is 51.9 Å². The van der Waals surface area contributed by atoms with Crippen molar-refractivity contribution < 1.29 is 65.1 Å². The van der Waals surface area contributed by atoms with Crippen LogP contribution in [0.25, 0.3) is 22.3 Å². The molecule has 0 unspecified atom stereocenters. The number of furan rings is 4. The van der Waals surface area contributed by atoms with Crippen LogP contribution in [0, 0.1) is 52.6 Å². The standard InChI is InChI=1S/C33H54N4O7Si.C12H2N4O6.C6H16OSi.2C6H14.C5H12/c1-10-21(11-2)28(38)34-26-19-24(31(42-26)36-30(40)23(14-5)15-6)25-20-27(35-29(39)22(12-3)13-4)43-32(25)37-33(41)44-45(16-7,17-8)18-9;13-3-19-10-2-7(11(22-10)16-6-18)8-1-9(15-5-17)21-12(8)20-4-14;1-4-8(7,5-2)6-3;2*1-4-6(3)5-2;1-3-5-4-2/h19-23H,10-18H2,1-9H3,(H,34,38)(H,35,39)(H,36,40)(H,37,41);1-2H;7H,4-6H2,1-3H3;2*6H,4-5H2,1-3H3;3-5H2,1-2H3. The number of carbonyl (C=O) groups is 4. The van der Waals surface area contributed by atoms with E-state index in [4.69, 9.17) is 32.6 Å². The third kappa shape index (κ3) is 30.8. The summed E-state index contributed by atoms with van der Waals surface area (Å²) in [6, 6.07) is 10.9. The fourth-order valence-electron chi connectivity index (χ4n) is 8.63. The summed E-state index contributed by atoms with van der Waals surface area (Å²) < 4.78 is 37.1. The maximum Gasteiger partial charge on any atom is 0.400 e. The molecule has 0 atom stereocenters. The predicted molar refractivity (Wildman–Crippen MR) is 370 cm³/mol. The Bertz CT molecular complexity index is 2870. The summed E-state index contributed by atoms with van der Waals surface area (Å²) in [5.41, 5.74) is 0.882. The largest absolute Gasteiger partial charge is 0.503 e. The van der Waals surface area contributed by atoms with Crippen LogP contribution in [-0.4, -0.2) is 57.4 Å². The van der Waals surface area contributed by atoms with Gasteiger partial charge < -0.3 is 36.4 Å². The predicted octanol–water partition coefficient (Wildman–Crippen LogP) is 20.5. The molecule has 0 aromatic carbocycles. The number of nitrogens with zero attached hydrogens (tertiary/aromatic N) is 4. The van der Waals surface area contributed by atoms with Gasteiger partial charge >= 0.3 is 18.0 Å². The number of unbranched alkanes of at least 4 members (excludes halogenated alkanes) is 2. The van der Waals surface area contributed by atoms with Crippen LogP contribution in [0.3, 0.4) is 0 Å². The highest BCUT2D eigenvalue weighted by molar-refractivity contribution is 6.75. The molecule has 4 amide bonds. The van der Waals surface area contributed by atoms with E-state index in [1.54, 1.807) is 12.1 Å². The molecule has 516 valence electrons. The van der Waals surface area contributed by atoms with Gasteiger partial charge in [-0.1, -0.05) is 183 Å². The lowest BCUT2D eigenvalue weighted by Crippen LogP contribution is -2.39. The molecule has 4 heterocycles. The SMILES string of the molecule is CCC(C)CC.CCC(C)CC.CCC(CC)C(=O)Nc1cc(-c2cc(NC(=O)C(CC)CC)oc2NC(=O)C(CC)CC)c(NC(=O)O[Si](CC)(CC)CC)o1.CCCCC.CC[Si](O)(CC)CC.N#COc1cc(-c2cc(N=C=O)oc2OC#N)c(N=C=O)o1. The van der Waals surface area contributed by atoms with Crippen LogP contribution in [0.5, 0.6) is 11.9 Å². The van der Waals surface area contributed by atoms with Crippen LogP contribution in [0.2, 0.25) is 36.3 Å². The van der Waals surface area contributed by atoms with Crippen LogP contribution in [-0.2, 0) is 28.4 Å². The van der Waals surface area contributed by atoms with Crippen LogP contribution < -0.4 is 30.7 Å². The molecule has 0 fully saturated rings. The quantitative estimate of drug-likeness (QED) is 0.0131. The monoisotopic (exact) mass is 1320 g/mol. The number of isocyanates is 2. The van der Waals surface area contributed by atoms with Gasteiger partial charge in [-0.25, -0.2) is 14.4 Å². The Hall–Kier alpha value is -7.47. The van der Waals surface area contributed by atoms with E-state index in [1.807, 2.05) is 62.3 Å². The molecular formula is C68H112N8O14Si2. The maximum absolute atomic E-state index is 13.2. The van der Waals surface area contributed by atoms with Crippen molar-refractivity contribution >= 4 is 87.9 Å². The molecule has 0 aliphatic rings. The van der Waals surface area contributed by atoms with E-state index in [1.165, 1.54) is 81.7 Å². The number of hydrogen-bond donors (Lipinski definition) is 5. The molecule has 92 heavy (non-hydrogen) atoms. The molecule has 0 bridgehead atoms. The summed E-state index contributed by atoms with van der Waals surface area (Å²) in [4.78, 5) is 89.1. The number of nitrogens with one attached hydrogen (secondary N) is 4. The highest BCUT2D eigenvalue weighted by Gasteiger charge is 2.34. The fraction of sp³-hybridized carbons (Fsp3) is 0.647. The van der Waals surface area contributed by atoms with Gasteiger partial charge in [-0.05, 0) is 86.6 Å². The van der Waals surface area contributed by atoms with E-state index in [9.17, 15) is 33.6 Å². The minimum Gasteiger partial charge on any atom is -0.503 e. The average molecular weight is 1320 g/mol. The lowest BCUT2D eigenvalue weighted by atomic mass is 10.0. The molecule has 4 aromatic rings. The maximum atomic E-state index is 13.2. The van der Waals surface area contributed by atoms with E-state index >= 15 is 0 Å². The summed E-state index contributed by atoms with van der Waals surface area (Å²) >= 11 is 0. The van der Waals surface area contributed by atoms with E-state index < -0.39 is 22.7 Å². The molecule has 22 nitrogen and oxygen atoms in total. The van der Waals surface area contributed by atoms with E-state index in [-0.39, 0.29) is 93.8 Å². The summed E-state index contributed by atoms with van der Waals surface area (Å²) in [5, 5.41) is 28.3. The Morgan fingerprint density at radius 3 is 1.22 bits per heavy atom. The Balaban J connectivity index is 0. The number of hydrogen-bond acceptors (Lipinski definition) is 18. The van der Waals surface area contributed by atoms with Gasteiger partial charge in [0.1, 0.15) is 0 Å². The number of carbonyl (C=O) groups excluding carboxylic acids is 6. The summed E-state index contributed by atoms with van der Waals surface area (Å²) in [6.07, 6.45) is 17.9. The second-order valence-corrected chi connectivity index (χ2v) is 31.6. The van der Waals surface area contributed by atoms with Crippen molar-refractivity contribution in [1.29, 1.82) is 10.5 Å². The Labute approximate surface area is 551 Å². The van der Waals surface area contributed by atoms with Crippen molar-refractivity contribution in [2.75, 3.05) is 21.3 Å². The Morgan fingerprint density at radius 2 is 0.902 bits per heavy atom. The average Bonchev–Trinajstić information content (AvgIpc) is 1.67. The third-order valence-electron chi connectivity index (χ3n) is 16.7. The topological polar surface area (TPSA) is 323 Å². The molecule has 0 aliphatic carbocycles. The molecular weight excluding hydrogens is 1210 g/mol. The van der Waals surface area contributed by atoms with Gasteiger partial charge in [0.15, 0.2) is 8.32 Å². The number of rotatable bonds is 32. The van der Waals surface area contributed by atoms with Crippen LogP contribution in [0.1, 0.15) is 222 Å². The normalized spacial score (nSPS) is 10.6. The van der Waals surface area contributed by atoms with Gasteiger partial charge in [-0.2, -0.15) is 0 Å². The summed E-state index contributed by atoms with van der Waals surface area (Å²) in [6.45, 7) is 41.8. The van der Waals surface area contributed by atoms with Crippen molar-refractivity contribution in [3.63, 3.8) is 0 Å². The smallest absolute Gasteiger partial charge is 0.400 e. The van der Waals surface area contributed by atoms with Gasteiger partial charge in [0.05, 0.1) is 22.3 Å². The zero-order chi connectivity index (χ0) is 70.4. The first-order valence-electron chi connectivity index (χ1n) is 33.4. The minimum atomic E-state index is -2.31. The Morgan fingerprint density at radius 1 is 0.500 bits per heavy atom. The van der Waals surface area contributed by atoms with Gasteiger partial charge in [0, 0.05) is 42.0 Å². The number of anilines is 4. The van der Waals surface area contributed by atoms with Gasteiger partial charge in [-0.15, -0.1) is 20.5 Å². The van der Waals surface area contributed by atoms with Crippen molar-refractivity contribution in [3.05, 3.63) is 24.3 Å². The molecule has 24 heteroatoms. The molecule has 0 saturated heterocycles. The highest BCUT2D eigenvalue weighted by Crippen LogP contribution is 2.45. The molecule has 0 spiro atoms. The minimum absolute atomic E-state index is 0.0164. The first kappa shape index (κ1) is 86.6. The van der Waals surface area contributed by atoms with E-state index in [0.717, 1.165) is 48.1 Å². The molecule has 0 radical (unpaired) electrons. The molecule has 0 aliphatic heterocycles. The lowest BCUT2D eigenvalue weighted by Gasteiger charge is -2.27. The first-order valence-corrected chi connectivity index (χ1v) is 38.5. The number of ether oxygens (including phenoxy) is 2. The Kier molecular flexibility index (Phi) is 46.3. The molecule has 5 N–H and O–H groups in total. The second-order valence-electron chi connectivity index (χ2n) is 22.3. The van der Waals surface area contributed by atoms with E-state index in [2.05, 4.69) is 117 Å². The summed E-state index contributed by atoms with van der Waals surface area (Å²) in [7, 11) is -3.98. The molecule has 4 aromatic heterocycles. The first-order chi connectivity index (χ1) is 43.9. The zero-order valence-corrected chi connectivity index (χ0v) is 61.2. The zero-order valence-electron chi connectivity index (χ0n) is 59.2. The van der Waals surface area contributed by atoms with Crippen LogP contribution >= 0.6 is 0 Å². The molecule has 4 rings (SSSR count). The highest BCUT2D eigenvalue weighted by atomic mass is 28.4.